The average molecular weight is 457 g/mol. The van der Waals surface area contributed by atoms with Crippen molar-refractivity contribution in [1.82, 2.24) is 4.90 Å². The third-order valence-electron chi connectivity index (χ3n) is 5.87. The van der Waals surface area contributed by atoms with Crippen molar-refractivity contribution in [2.24, 2.45) is 5.92 Å². The lowest BCUT2D eigenvalue weighted by Crippen LogP contribution is -2.41. The maximum atomic E-state index is 12.6. The predicted octanol–water partition coefficient (Wildman–Crippen LogP) is 5.89. The van der Waals surface area contributed by atoms with Crippen LogP contribution in [0.25, 0.3) is 22.1 Å². The molecule has 174 valence electrons. The molecule has 3 aromatic carbocycles. The lowest BCUT2D eigenvalue weighted by Gasteiger charge is -2.27. The number of aliphatic carboxylic acids is 1. The van der Waals surface area contributed by atoms with Crippen LogP contribution in [-0.2, 0) is 11.3 Å². The molecule has 4 rings (SSSR count). The number of carboxylic acid groups (broad SMARTS) is 1. The quantitative estimate of drug-likeness (QED) is 0.345. The molecule has 0 saturated heterocycles. The number of nitrogens with one attached hydrogen (secondary N) is 1. The van der Waals surface area contributed by atoms with Gasteiger partial charge in [0.25, 0.3) is 5.91 Å². The molecule has 4 aromatic rings. The number of likely N-dealkylation sites (N-methyl/N-ethyl adjacent to an activating group) is 1. The monoisotopic (exact) mass is 456 g/mol. The maximum Gasteiger partial charge on any atom is 0.321 e. The Kier molecular flexibility index (Phi) is 6.80. The number of carbonyl (C=O) groups is 2. The number of benzene rings is 3. The molecule has 0 fully saturated rings. The van der Waals surface area contributed by atoms with Gasteiger partial charge in [-0.25, -0.2) is 0 Å². The number of carbonyl (C=O) groups excluding carboxylic acids is 1. The van der Waals surface area contributed by atoms with Crippen molar-refractivity contribution in [3.8, 4) is 11.1 Å². The van der Waals surface area contributed by atoms with Crippen LogP contribution in [0.15, 0.2) is 83.3 Å². The van der Waals surface area contributed by atoms with Crippen LogP contribution in [0.2, 0.25) is 0 Å². The molecule has 1 amide bonds. The Morgan fingerprint density at radius 1 is 0.941 bits per heavy atom. The molecule has 2 N–H and O–H groups in total. The molecule has 0 aliphatic carbocycles. The second kappa shape index (κ2) is 9.93. The zero-order valence-electron chi connectivity index (χ0n) is 19.5. The molecule has 0 saturated carbocycles. The molecule has 0 unspecified atom stereocenters. The molecule has 0 spiro atoms. The molecule has 1 heterocycles. The number of carboxylic acids is 1. The first-order chi connectivity index (χ1) is 16.3. The first kappa shape index (κ1) is 23.3. The second-order valence-electron chi connectivity index (χ2n) is 8.82. The summed E-state index contributed by atoms with van der Waals surface area (Å²) in [6.07, 6.45) is 0. The average Bonchev–Trinajstić information content (AvgIpc) is 3.24. The van der Waals surface area contributed by atoms with Gasteiger partial charge in [-0.15, -0.1) is 0 Å². The molecule has 6 nitrogen and oxygen atoms in total. The van der Waals surface area contributed by atoms with Crippen molar-refractivity contribution >= 4 is 28.5 Å². The van der Waals surface area contributed by atoms with Crippen LogP contribution in [0.5, 0.6) is 0 Å². The van der Waals surface area contributed by atoms with E-state index in [1.54, 1.807) is 6.07 Å². The molecule has 6 heteroatoms. The Balaban J connectivity index is 1.40. The minimum Gasteiger partial charge on any atom is -0.480 e. The van der Waals surface area contributed by atoms with E-state index in [1.165, 1.54) is 0 Å². The summed E-state index contributed by atoms with van der Waals surface area (Å²) in [5, 5.41) is 13.2. The van der Waals surface area contributed by atoms with Gasteiger partial charge in [0, 0.05) is 17.6 Å². The van der Waals surface area contributed by atoms with Gasteiger partial charge in [-0.05, 0) is 53.9 Å². The van der Waals surface area contributed by atoms with Crippen molar-refractivity contribution in [3.63, 3.8) is 0 Å². The maximum absolute atomic E-state index is 12.6. The summed E-state index contributed by atoms with van der Waals surface area (Å²) in [6, 6.07) is 24.4. The topological polar surface area (TPSA) is 82.8 Å². The van der Waals surface area contributed by atoms with Crippen LogP contribution in [-0.4, -0.2) is 35.0 Å². The molecule has 0 radical (unpaired) electrons. The zero-order valence-corrected chi connectivity index (χ0v) is 19.5. The number of rotatable bonds is 8. The number of anilines is 1. The predicted molar refractivity (Wildman–Crippen MR) is 134 cm³/mol. The first-order valence-electron chi connectivity index (χ1n) is 11.2. The normalized spacial score (nSPS) is 12.3. The molecule has 0 aliphatic heterocycles. The van der Waals surface area contributed by atoms with Gasteiger partial charge >= 0.3 is 5.97 Å². The molecule has 1 aromatic heterocycles. The van der Waals surface area contributed by atoms with Gasteiger partial charge in [0.05, 0.1) is 0 Å². The SMILES string of the molecule is CC(C)[C@@H](C(=O)O)N(C)Cc1ccc(-c2ccc(NC(=O)c3cc4ccccc4o3)cc2)cc1. The number of hydrogen-bond acceptors (Lipinski definition) is 4. The summed E-state index contributed by atoms with van der Waals surface area (Å²) in [6.45, 7) is 4.39. The Labute approximate surface area is 198 Å². The minimum absolute atomic E-state index is 0.0209. The zero-order chi connectivity index (χ0) is 24.2. The number of furan rings is 1. The van der Waals surface area contributed by atoms with Crippen LogP contribution < -0.4 is 5.32 Å². The number of para-hydroxylation sites is 1. The lowest BCUT2D eigenvalue weighted by molar-refractivity contribution is -0.144. The van der Waals surface area contributed by atoms with Crippen molar-refractivity contribution in [3.05, 3.63) is 90.2 Å². The van der Waals surface area contributed by atoms with E-state index in [0.29, 0.717) is 17.8 Å². The van der Waals surface area contributed by atoms with Gasteiger partial charge in [0.15, 0.2) is 5.76 Å². The Hall–Kier alpha value is -3.90. The van der Waals surface area contributed by atoms with Crippen LogP contribution in [0.1, 0.15) is 30.0 Å². The van der Waals surface area contributed by atoms with Gasteiger partial charge in [0.2, 0.25) is 0 Å². The largest absolute Gasteiger partial charge is 0.480 e. The minimum atomic E-state index is -0.804. The van der Waals surface area contributed by atoms with Crippen LogP contribution in [0.3, 0.4) is 0 Å². The van der Waals surface area contributed by atoms with Gasteiger partial charge in [-0.3, -0.25) is 14.5 Å². The van der Waals surface area contributed by atoms with Crippen molar-refractivity contribution in [1.29, 1.82) is 0 Å². The summed E-state index contributed by atoms with van der Waals surface area (Å²) in [4.78, 5) is 26.0. The smallest absolute Gasteiger partial charge is 0.321 e. The Bertz CT molecular complexity index is 1260. The van der Waals surface area contributed by atoms with E-state index in [2.05, 4.69) is 5.32 Å². The lowest BCUT2D eigenvalue weighted by atomic mass is 10.0. The van der Waals surface area contributed by atoms with E-state index in [0.717, 1.165) is 22.1 Å². The van der Waals surface area contributed by atoms with Crippen molar-refractivity contribution in [2.75, 3.05) is 12.4 Å². The third-order valence-corrected chi connectivity index (χ3v) is 5.87. The molecular formula is C28H28N2O4. The Morgan fingerprint density at radius 2 is 1.56 bits per heavy atom. The second-order valence-corrected chi connectivity index (χ2v) is 8.82. The molecule has 0 aliphatic rings. The number of hydrogen-bond donors (Lipinski definition) is 2. The third kappa shape index (κ3) is 5.18. The fraction of sp³-hybridized carbons (Fsp3) is 0.214. The van der Waals surface area contributed by atoms with Gasteiger partial charge in [-0.1, -0.05) is 68.4 Å². The summed E-state index contributed by atoms with van der Waals surface area (Å²) in [5.41, 5.74) is 4.47. The first-order valence-corrected chi connectivity index (χ1v) is 11.2. The highest BCUT2D eigenvalue weighted by atomic mass is 16.4. The van der Waals surface area contributed by atoms with Gasteiger partial charge < -0.3 is 14.8 Å². The van der Waals surface area contributed by atoms with E-state index >= 15 is 0 Å². The van der Waals surface area contributed by atoms with Crippen LogP contribution >= 0.6 is 0 Å². The van der Waals surface area contributed by atoms with E-state index < -0.39 is 12.0 Å². The summed E-state index contributed by atoms with van der Waals surface area (Å²) >= 11 is 0. The molecule has 34 heavy (non-hydrogen) atoms. The number of nitrogens with zero attached hydrogens (tertiary/aromatic N) is 1. The number of fused-ring (bicyclic) bond motifs is 1. The molecule has 1 atom stereocenters. The van der Waals surface area contributed by atoms with Crippen LogP contribution in [0, 0.1) is 5.92 Å². The fourth-order valence-electron chi connectivity index (χ4n) is 4.20. The van der Waals surface area contributed by atoms with Crippen molar-refractivity contribution in [2.45, 2.75) is 26.4 Å². The van der Waals surface area contributed by atoms with E-state index in [-0.39, 0.29) is 17.6 Å². The van der Waals surface area contributed by atoms with Crippen molar-refractivity contribution < 1.29 is 19.1 Å². The van der Waals surface area contributed by atoms with E-state index in [9.17, 15) is 14.7 Å². The van der Waals surface area contributed by atoms with E-state index in [4.69, 9.17) is 4.42 Å². The summed E-state index contributed by atoms with van der Waals surface area (Å²) in [7, 11) is 1.84. The Morgan fingerprint density at radius 3 is 2.15 bits per heavy atom. The highest BCUT2D eigenvalue weighted by Gasteiger charge is 2.25. The van der Waals surface area contributed by atoms with Gasteiger partial charge in [0.1, 0.15) is 11.6 Å². The molecule has 0 bridgehead atoms. The standard InChI is InChI=1S/C28H28N2O4/c1-18(2)26(28(32)33)30(3)17-19-8-10-20(11-9-19)21-12-14-23(15-13-21)29-27(31)25-16-22-6-4-5-7-24(22)34-25/h4-16,18,26H,17H2,1-3H3,(H,29,31)(H,32,33)/t26-/m0/s1. The highest BCUT2D eigenvalue weighted by Crippen LogP contribution is 2.24. The van der Waals surface area contributed by atoms with Crippen LogP contribution in [0.4, 0.5) is 5.69 Å². The molecular weight excluding hydrogens is 428 g/mol. The highest BCUT2D eigenvalue weighted by molar-refractivity contribution is 6.04. The van der Waals surface area contributed by atoms with Gasteiger partial charge in [-0.2, -0.15) is 0 Å². The van der Waals surface area contributed by atoms with E-state index in [1.807, 2.05) is 98.6 Å². The summed E-state index contributed by atoms with van der Waals surface area (Å²) < 4.78 is 5.63. The fourth-order valence-corrected chi connectivity index (χ4v) is 4.20. The number of amides is 1. The summed E-state index contributed by atoms with van der Waals surface area (Å²) in [5.74, 6) is -0.804.